The highest BCUT2D eigenvalue weighted by Crippen LogP contribution is 2.32. The van der Waals surface area contributed by atoms with Crippen LogP contribution in [0.15, 0.2) is 40.2 Å². The molecule has 1 N–H and O–H groups in total. The molecule has 1 aromatic carbocycles. The molecule has 1 aliphatic heterocycles. The fraction of sp³-hybridized carbons (Fsp3) is 0.250. The van der Waals surface area contributed by atoms with Crippen LogP contribution in [0.3, 0.4) is 0 Å². The van der Waals surface area contributed by atoms with Gasteiger partial charge >= 0.3 is 6.03 Å². The molecule has 3 amide bonds. The molecule has 1 aliphatic rings. The summed E-state index contributed by atoms with van der Waals surface area (Å²) in [6.07, 6.45) is 0. The lowest BCUT2D eigenvalue weighted by Crippen LogP contribution is -2.40. The summed E-state index contributed by atoms with van der Waals surface area (Å²) in [5.41, 5.74) is -1.01. The number of amides is 3. The highest BCUT2D eigenvalue weighted by Gasteiger charge is 2.49. The van der Waals surface area contributed by atoms with E-state index in [4.69, 9.17) is 16.3 Å². The maximum absolute atomic E-state index is 12.7. The number of carbonyl (C=O) groups is 2. The molecule has 8 heteroatoms. The molecule has 126 valence electrons. The molecule has 1 atom stereocenters. The fourth-order valence-electron chi connectivity index (χ4n) is 2.47. The third kappa shape index (κ3) is 3.16. The van der Waals surface area contributed by atoms with Crippen molar-refractivity contribution in [3.63, 3.8) is 0 Å². The Kier molecular flexibility index (Phi) is 4.85. The Morgan fingerprint density at radius 2 is 2.17 bits per heavy atom. The van der Waals surface area contributed by atoms with Gasteiger partial charge in [0, 0.05) is 9.90 Å². The molecule has 5 nitrogen and oxygen atoms in total. The summed E-state index contributed by atoms with van der Waals surface area (Å²) in [6, 6.07) is 8.45. The number of hydrogen-bond donors (Lipinski definition) is 1. The van der Waals surface area contributed by atoms with Crippen LogP contribution in [0.25, 0.3) is 0 Å². The van der Waals surface area contributed by atoms with E-state index in [0.29, 0.717) is 10.8 Å². The minimum absolute atomic E-state index is 0.167. The van der Waals surface area contributed by atoms with Gasteiger partial charge in [0.1, 0.15) is 12.4 Å². The second kappa shape index (κ2) is 6.74. The van der Waals surface area contributed by atoms with Gasteiger partial charge in [-0.1, -0.05) is 17.7 Å². The molecule has 0 bridgehead atoms. The van der Waals surface area contributed by atoms with Gasteiger partial charge in [-0.15, -0.1) is 11.3 Å². The molecule has 0 radical (unpaired) electrons. The van der Waals surface area contributed by atoms with E-state index in [1.54, 1.807) is 25.1 Å². The first-order valence-corrected chi connectivity index (χ1v) is 9.23. The molecule has 0 aliphatic carbocycles. The normalized spacial score (nSPS) is 20.4. The van der Waals surface area contributed by atoms with Crippen molar-refractivity contribution in [3.05, 3.63) is 50.1 Å². The molecule has 2 aromatic rings. The van der Waals surface area contributed by atoms with Crippen molar-refractivity contribution in [2.45, 2.75) is 12.5 Å². The Bertz CT molecular complexity index is 784. The van der Waals surface area contributed by atoms with Crippen LogP contribution in [0.5, 0.6) is 5.75 Å². The number of rotatable bonds is 5. The topological polar surface area (TPSA) is 58.6 Å². The smallest absolute Gasteiger partial charge is 0.325 e. The Hall–Kier alpha value is -1.57. The summed E-state index contributed by atoms with van der Waals surface area (Å²) < 4.78 is 6.35. The molecule has 0 saturated carbocycles. The first kappa shape index (κ1) is 17.3. The van der Waals surface area contributed by atoms with Gasteiger partial charge in [0.05, 0.1) is 11.0 Å². The van der Waals surface area contributed by atoms with Gasteiger partial charge in [-0.05, 0) is 52.5 Å². The first-order valence-electron chi connectivity index (χ1n) is 7.18. The van der Waals surface area contributed by atoms with E-state index < -0.39 is 11.6 Å². The summed E-state index contributed by atoms with van der Waals surface area (Å²) in [5, 5.41) is 5.24. The molecular formula is C16H14BrClN2O3S. The quantitative estimate of drug-likeness (QED) is 0.731. The molecule has 0 spiro atoms. The SMILES string of the molecule is CC1(c2cccs2)NC(=O)N(CCOc2ccc(Cl)cc2Br)C1=O. The predicted octanol–water partition coefficient (Wildman–Crippen LogP) is 4.01. The van der Waals surface area contributed by atoms with Crippen LogP contribution in [0, 0.1) is 0 Å². The summed E-state index contributed by atoms with van der Waals surface area (Å²) in [5.74, 6) is 0.334. The van der Waals surface area contributed by atoms with Crippen molar-refractivity contribution in [1.29, 1.82) is 0 Å². The summed E-state index contributed by atoms with van der Waals surface area (Å²) in [6.45, 7) is 2.08. The van der Waals surface area contributed by atoms with Gasteiger partial charge in [-0.25, -0.2) is 4.79 Å². The maximum Gasteiger partial charge on any atom is 0.325 e. The number of urea groups is 1. The number of carbonyl (C=O) groups excluding carboxylic acids is 2. The number of nitrogens with zero attached hydrogens (tertiary/aromatic N) is 1. The Morgan fingerprint density at radius 3 is 2.83 bits per heavy atom. The van der Waals surface area contributed by atoms with E-state index in [1.807, 2.05) is 17.5 Å². The van der Waals surface area contributed by atoms with Crippen LogP contribution in [0.4, 0.5) is 4.79 Å². The Balaban J connectivity index is 1.65. The van der Waals surface area contributed by atoms with Gasteiger partial charge in [0.2, 0.25) is 0 Å². The highest BCUT2D eigenvalue weighted by atomic mass is 79.9. The number of thiophene rings is 1. The third-order valence-corrected chi connectivity index (χ3v) is 5.70. The van der Waals surface area contributed by atoms with Crippen molar-refractivity contribution < 1.29 is 14.3 Å². The van der Waals surface area contributed by atoms with Crippen LogP contribution in [-0.2, 0) is 10.3 Å². The first-order chi connectivity index (χ1) is 11.4. The van der Waals surface area contributed by atoms with Crippen molar-refractivity contribution in [2.24, 2.45) is 0 Å². The molecule has 24 heavy (non-hydrogen) atoms. The van der Waals surface area contributed by atoms with Gasteiger partial charge < -0.3 is 10.1 Å². The van der Waals surface area contributed by atoms with Crippen molar-refractivity contribution in [1.82, 2.24) is 10.2 Å². The lowest BCUT2D eigenvalue weighted by molar-refractivity contribution is -0.131. The highest BCUT2D eigenvalue weighted by molar-refractivity contribution is 9.10. The molecule has 1 aromatic heterocycles. The van der Waals surface area contributed by atoms with E-state index >= 15 is 0 Å². The van der Waals surface area contributed by atoms with Crippen LogP contribution < -0.4 is 10.1 Å². The summed E-state index contributed by atoms with van der Waals surface area (Å²) in [4.78, 5) is 26.8. The summed E-state index contributed by atoms with van der Waals surface area (Å²) in [7, 11) is 0. The van der Waals surface area contributed by atoms with Crippen LogP contribution in [0.2, 0.25) is 5.02 Å². The zero-order chi connectivity index (χ0) is 17.3. The fourth-order valence-corrected chi connectivity index (χ4v) is 4.10. The number of halogens is 2. The number of imide groups is 1. The van der Waals surface area contributed by atoms with Crippen LogP contribution >= 0.6 is 38.9 Å². The second-order valence-corrected chi connectivity index (χ2v) is 7.65. The summed E-state index contributed by atoms with van der Waals surface area (Å²) >= 11 is 10.7. The monoisotopic (exact) mass is 428 g/mol. The molecule has 3 rings (SSSR count). The zero-order valence-electron chi connectivity index (χ0n) is 12.7. The number of nitrogens with one attached hydrogen (secondary N) is 1. The number of benzene rings is 1. The largest absolute Gasteiger partial charge is 0.491 e. The predicted molar refractivity (Wildman–Crippen MR) is 96.6 cm³/mol. The van der Waals surface area contributed by atoms with E-state index in [-0.39, 0.29) is 19.1 Å². The Labute approximate surface area is 156 Å². The molecule has 2 heterocycles. The second-order valence-electron chi connectivity index (χ2n) is 5.41. The van der Waals surface area contributed by atoms with Crippen molar-refractivity contribution in [3.8, 4) is 5.75 Å². The van der Waals surface area contributed by atoms with Gasteiger partial charge in [-0.3, -0.25) is 9.69 Å². The lowest BCUT2D eigenvalue weighted by Gasteiger charge is -2.20. The number of ether oxygens (including phenoxy) is 1. The van der Waals surface area contributed by atoms with Gasteiger partial charge in [-0.2, -0.15) is 0 Å². The maximum atomic E-state index is 12.7. The van der Waals surface area contributed by atoms with Crippen LogP contribution in [0.1, 0.15) is 11.8 Å². The van der Waals surface area contributed by atoms with E-state index in [1.165, 1.54) is 16.2 Å². The third-order valence-electron chi connectivity index (χ3n) is 3.76. The minimum Gasteiger partial charge on any atom is -0.491 e. The van der Waals surface area contributed by atoms with Crippen molar-refractivity contribution in [2.75, 3.05) is 13.2 Å². The minimum atomic E-state index is -1.01. The average molecular weight is 430 g/mol. The molecule has 1 unspecified atom stereocenters. The van der Waals surface area contributed by atoms with E-state index in [0.717, 1.165) is 9.35 Å². The Morgan fingerprint density at radius 1 is 1.38 bits per heavy atom. The molecule has 1 saturated heterocycles. The average Bonchev–Trinajstić information content (AvgIpc) is 3.13. The molecule has 1 fully saturated rings. The lowest BCUT2D eigenvalue weighted by atomic mass is 10.0. The van der Waals surface area contributed by atoms with E-state index in [9.17, 15) is 9.59 Å². The zero-order valence-corrected chi connectivity index (χ0v) is 15.9. The van der Waals surface area contributed by atoms with Crippen molar-refractivity contribution >= 4 is 50.8 Å². The van der Waals surface area contributed by atoms with Crippen LogP contribution in [-0.4, -0.2) is 30.0 Å². The molecular weight excluding hydrogens is 416 g/mol. The standard InChI is InChI=1S/C16H14BrClN2O3S/c1-16(13-3-2-8-24-13)14(21)20(15(22)19-16)6-7-23-12-5-4-10(18)9-11(12)17/h2-5,8-9H,6-7H2,1H3,(H,19,22). The van der Waals surface area contributed by atoms with E-state index in [2.05, 4.69) is 21.2 Å². The van der Waals surface area contributed by atoms with Gasteiger partial charge in [0.15, 0.2) is 5.54 Å². The van der Waals surface area contributed by atoms with Gasteiger partial charge in [0.25, 0.3) is 5.91 Å². The number of hydrogen-bond acceptors (Lipinski definition) is 4.